The Morgan fingerprint density at radius 1 is 1.20 bits per heavy atom. The van der Waals surface area contributed by atoms with Crippen molar-refractivity contribution in [3.8, 4) is 0 Å². The van der Waals surface area contributed by atoms with Gasteiger partial charge in [-0.1, -0.05) is 25.1 Å². The number of hydrogen-bond acceptors (Lipinski definition) is 2. The van der Waals surface area contributed by atoms with Crippen molar-refractivity contribution in [1.82, 2.24) is 4.90 Å². The van der Waals surface area contributed by atoms with Gasteiger partial charge in [0.25, 0.3) is 0 Å². The lowest BCUT2D eigenvalue weighted by Crippen LogP contribution is -2.35. The summed E-state index contributed by atoms with van der Waals surface area (Å²) in [4.78, 5) is 2.05. The van der Waals surface area contributed by atoms with E-state index in [9.17, 15) is 13.2 Å². The molecule has 0 aliphatic rings. The predicted molar refractivity (Wildman–Crippen MR) is 75.6 cm³/mol. The quantitative estimate of drug-likeness (QED) is 0.868. The van der Waals surface area contributed by atoms with Gasteiger partial charge in [-0.05, 0) is 44.5 Å². The van der Waals surface area contributed by atoms with E-state index in [1.165, 1.54) is 12.1 Å². The fourth-order valence-electron chi connectivity index (χ4n) is 2.22. The second-order valence-corrected chi connectivity index (χ2v) is 5.45. The van der Waals surface area contributed by atoms with Gasteiger partial charge in [0, 0.05) is 12.6 Å². The molecule has 2 N–H and O–H groups in total. The standard InChI is InChI=1S/C15H23F3N2/c1-11(7-8-14(10-19)20(2)3)12-5-4-6-13(9-12)15(16,17)18/h4-6,9,11,14H,7-8,10,19H2,1-3H3. The minimum absolute atomic E-state index is 0.0892. The van der Waals surface area contributed by atoms with Gasteiger partial charge < -0.3 is 10.6 Å². The van der Waals surface area contributed by atoms with E-state index < -0.39 is 11.7 Å². The van der Waals surface area contributed by atoms with Crippen LogP contribution in [0.25, 0.3) is 0 Å². The molecule has 2 nitrogen and oxygen atoms in total. The highest BCUT2D eigenvalue weighted by Crippen LogP contribution is 2.32. The van der Waals surface area contributed by atoms with E-state index in [4.69, 9.17) is 5.73 Å². The molecule has 0 aromatic heterocycles. The summed E-state index contributed by atoms with van der Waals surface area (Å²) >= 11 is 0. The molecule has 0 radical (unpaired) electrons. The van der Waals surface area contributed by atoms with Gasteiger partial charge in [0.15, 0.2) is 0 Å². The second kappa shape index (κ2) is 7.09. The molecule has 1 aromatic carbocycles. The molecule has 0 aliphatic heterocycles. The van der Waals surface area contributed by atoms with Gasteiger partial charge in [0.05, 0.1) is 5.56 Å². The van der Waals surface area contributed by atoms with E-state index in [1.807, 2.05) is 21.0 Å². The van der Waals surface area contributed by atoms with Crippen LogP contribution in [-0.4, -0.2) is 31.6 Å². The Morgan fingerprint density at radius 2 is 1.85 bits per heavy atom. The number of rotatable bonds is 6. The third kappa shape index (κ3) is 4.80. The molecule has 2 atom stereocenters. The summed E-state index contributed by atoms with van der Waals surface area (Å²) in [6.07, 6.45) is -2.58. The lowest BCUT2D eigenvalue weighted by atomic mass is 9.92. The number of alkyl halides is 3. The van der Waals surface area contributed by atoms with Crippen molar-refractivity contribution < 1.29 is 13.2 Å². The summed E-state index contributed by atoms with van der Waals surface area (Å²) in [5.41, 5.74) is 5.84. The Bertz CT molecular complexity index is 416. The van der Waals surface area contributed by atoms with Gasteiger partial charge in [-0.2, -0.15) is 13.2 Å². The van der Waals surface area contributed by atoms with Gasteiger partial charge in [0.2, 0.25) is 0 Å². The van der Waals surface area contributed by atoms with Crippen LogP contribution in [0.1, 0.15) is 36.8 Å². The van der Waals surface area contributed by atoms with E-state index in [-0.39, 0.29) is 12.0 Å². The first-order valence-corrected chi connectivity index (χ1v) is 6.79. The molecule has 1 rings (SSSR count). The first-order valence-electron chi connectivity index (χ1n) is 6.79. The Balaban J connectivity index is 2.70. The number of nitrogens with zero attached hydrogens (tertiary/aromatic N) is 1. The molecule has 0 aliphatic carbocycles. The number of halogens is 3. The van der Waals surface area contributed by atoms with Crippen LogP contribution < -0.4 is 5.73 Å². The predicted octanol–water partition coefficient (Wildman–Crippen LogP) is 3.48. The molecule has 0 amide bonds. The van der Waals surface area contributed by atoms with Crippen LogP contribution in [0.15, 0.2) is 24.3 Å². The monoisotopic (exact) mass is 288 g/mol. The summed E-state index contributed by atoms with van der Waals surface area (Å²) in [6, 6.07) is 5.85. The van der Waals surface area contributed by atoms with Crippen LogP contribution >= 0.6 is 0 Å². The molecule has 2 unspecified atom stereocenters. The minimum Gasteiger partial charge on any atom is -0.329 e. The van der Waals surface area contributed by atoms with Gasteiger partial charge in [-0.3, -0.25) is 0 Å². The molecular weight excluding hydrogens is 265 g/mol. The third-order valence-corrected chi connectivity index (χ3v) is 3.72. The first kappa shape index (κ1) is 17.0. The zero-order valence-electron chi connectivity index (χ0n) is 12.2. The molecular formula is C15H23F3N2. The SMILES string of the molecule is CC(CCC(CN)N(C)C)c1cccc(C(F)(F)F)c1. The molecule has 5 heteroatoms. The third-order valence-electron chi connectivity index (χ3n) is 3.72. The van der Waals surface area contributed by atoms with Gasteiger partial charge in [0.1, 0.15) is 0 Å². The molecule has 0 heterocycles. The normalized spacial score (nSPS) is 15.4. The summed E-state index contributed by atoms with van der Waals surface area (Å²) in [5, 5.41) is 0. The van der Waals surface area contributed by atoms with Gasteiger partial charge in [-0.25, -0.2) is 0 Å². The van der Waals surface area contributed by atoms with Crippen molar-refractivity contribution in [3.63, 3.8) is 0 Å². The maximum absolute atomic E-state index is 12.7. The van der Waals surface area contributed by atoms with Crippen LogP contribution in [0.3, 0.4) is 0 Å². The van der Waals surface area contributed by atoms with Crippen molar-refractivity contribution in [2.75, 3.05) is 20.6 Å². The highest BCUT2D eigenvalue weighted by molar-refractivity contribution is 5.27. The minimum atomic E-state index is -4.28. The lowest BCUT2D eigenvalue weighted by Gasteiger charge is -2.24. The average Bonchev–Trinajstić information content (AvgIpc) is 2.38. The van der Waals surface area contributed by atoms with Crippen molar-refractivity contribution in [2.24, 2.45) is 5.73 Å². The van der Waals surface area contributed by atoms with E-state index >= 15 is 0 Å². The van der Waals surface area contributed by atoms with Gasteiger partial charge >= 0.3 is 6.18 Å². The molecule has 1 aromatic rings. The van der Waals surface area contributed by atoms with Crippen LogP contribution in [0.5, 0.6) is 0 Å². The summed E-state index contributed by atoms with van der Waals surface area (Å²) in [5.74, 6) is 0.0892. The van der Waals surface area contributed by atoms with Crippen molar-refractivity contribution >= 4 is 0 Å². The number of nitrogens with two attached hydrogens (primary N) is 1. The summed E-state index contributed by atoms with van der Waals surface area (Å²) in [7, 11) is 3.93. The zero-order valence-corrected chi connectivity index (χ0v) is 12.2. The average molecular weight is 288 g/mol. The molecule has 0 saturated heterocycles. The molecule has 0 bridgehead atoms. The van der Waals surface area contributed by atoms with Gasteiger partial charge in [-0.15, -0.1) is 0 Å². The van der Waals surface area contributed by atoms with E-state index in [1.54, 1.807) is 6.07 Å². The van der Waals surface area contributed by atoms with Crippen LogP contribution in [0.4, 0.5) is 13.2 Å². The molecule has 0 spiro atoms. The molecule has 0 saturated carbocycles. The fraction of sp³-hybridized carbons (Fsp3) is 0.600. The lowest BCUT2D eigenvalue weighted by molar-refractivity contribution is -0.137. The number of likely N-dealkylation sites (N-methyl/N-ethyl adjacent to an activating group) is 1. The summed E-state index contributed by atoms with van der Waals surface area (Å²) in [6.45, 7) is 2.51. The van der Waals surface area contributed by atoms with Crippen LogP contribution in [-0.2, 0) is 6.18 Å². The van der Waals surface area contributed by atoms with E-state index in [2.05, 4.69) is 4.90 Å². The molecule has 0 fully saturated rings. The summed E-state index contributed by atoms with van der Waals surface area (Å²) < 4.78 is 38.0. The maximum atomic E-state index is 12.7. The van der Waals surface area contributed by atoms with Crippen molar-refractivity contribution in [3.05, 3.63) is 35.4 Å². The zero-order chi connectivity index (χ0) is 15.3. The Labute approximate surface area is 118 Å². The molecule has 20 heavy (non-hydrogen) atoms. The van der Waals surface area contributed by atoms with E-state index in [0.29, 0.717) is 6.54 Å². The highest BCUT2D eigenvalue weighted by Gasteiger charge is 2.30. The van der Waals surface area contributed by atoms with Crippen molar-refractivity contribution in [2.45, 2.75) is 37.9 Å². The second-order valence-electron chi connectivity index (χ2n) is 5.45. The highest BCUT2D eigenvalue weighted by atomic mass is 19.4. The number of hydrogen-bond donors (Lipinski definition) is 1. The van der Waals surface area contributed by atoms with Crippen LogP contribution in [0, 0.1) is 0 Å². The largest absolute Gasteiger partial charge is 0.416 e. The Kier molecular flexibility index (Phi) is 6.02. The van der Waals surface area contributed by atoms with E-state index in [0.717, 1.165) is 24.5 Å². The fourth-order valence-corrected chi connectivity index (χ4v) is 2.22. The Morgan fingerprint density at radius 3 is 2.35 bits per heavy atom. The maximum Gasteiger partial charge on any atom is 0.416 e. The first-order chi connectivity index (χ1) is 9.25. The smallest absolute Gasteiger partial charge is 0.329 e. The number of benzene rings is 1. The van der Waals surface area contributed by atoms with Crippen LogP contribution in [0.2, 0.25) is 0 Å². The van der Waals surface area contributed by atoms with Crippen molar-refractivity contribution in [1.29, 1.82) is 0 Å². The topological polar surface area (TPSA) is 29.3 Å². The Hall–Kier alpha value is -1.07. The molecule has 114 valence electrons.